The monoisotopic (exact) mass is 307 g/mol. The minimum atomic E-state index is -0.0933. The van der Waals surface area contributed by atoms with Crippen molar-refractivity contribution in [2.24, 2.45) is 0 Å². The molecule has 0 saturated heterocycles. The van der Waals surface area contributed by atoms with E-state index in [0.29, 0.717) is 12.2 Å². The van der Waals surface area contributed by atoms with E-state index in [0.717, 1.165) is 34.3 Å². The number of nitrogens with zero attached hydrogens (tertiary/aromatic N) is 4. The maximum Gasteiger partial charge on any atom is 0.272 e. The highest BCUT2D eigenvalue weighted by Crippen LogP contribution is 2.15. The highest BCUT2D eigenvalue weighted by Gasteiger charge is 2.12. The van der Waals surface area contributed by atoms with E-state index in [-0.39, 0.29) is 5.56 Å². The number of rotatable bonds is 3. The lowest BCUT2D eigenvalue weighted by Gasteiger charge is -2.04. The fraction of sp³-hybridized carbons (Fsp3) is 0.235. The molecule has 0 atom stereocenters. The Morgan fingerprint density at radius 3 is 2.91 bits per heavy atom. The van der Waals surface area contributed by atoms with Crippen LogP contribution in [0.3, 0.4) is 0 Å². The Morgan fingerprint density at radius 1 is 1.26 bits per heavy atom. The minimum absolute atomic E-state index is 0.0933. The van der Waals surface area contributed by atoms with Crippen LogP contribution in [0.5, 0.6) is 0 Å². The summed E-state index contributed by atoms with van der Waals surface area (Å²) in [6, 6.07) is 9.58. The van der Waals surface area contributed by atoms with Gasteiger partial charge < -0.3 is 0 Å². The summed E-state index contributed by atoms with van der Waals surface area (Å²) in [6.45, 7) is 4.51. The lowest BCUT2D eigenvalue weighted by molar-refractivity contribution is 0.692. The van der Waals surface area contributed by atoms with Crippen molar-refractivity contribution in [1.29, 1.82) is 0 Å². The van der Waals surface area contributed by atoms with Gasteiger partial charge in [0.15, 0.2) is 5.65 Å². The summed E-state index contributed by atoms with van der Waals surface area (Å²) < 4.78 is 3.39. The van der Waals surface area contributed by atoms with E-state index in [1.54, 1.807) is 6.07 Å². The summed E-state index contributed by atoms with van der Waals surface area (Å²) in [5.41, 5.74) is 4.44. The molecule has 0 aliphatic carbocycles. The molecule has 4 aromatic rings. The molecular weight excluding hydrogens is 290 g/mol. The van der Waals surface area contributed by atoms with Crippen molar-refractivity contribution < 1.29 is 0 Å². The topological polar surface area (TPSA) is 68.0 Å². The lowest BCUT2D eigenvalue weighted by Crippen LogP contribution is -2.17. The summed E-state index contributed by atoms with van der Waals surface area (Å²) in [6.07, 6.45) is 2.66. The Kier molecular flexibility index (Phi) is 3.04. The molecule has 3 heterocycles. The quantitative estimate of drug-likeness (QED) is 0.631. The molecule has 0 bridgehead atoms. The minimum Gasteiger partial charge on any atom is -0.294 e. The second-order valence-electron chi connectivity index (χ2n) is 5.67. The number of aromatic nitrogens is 5. The second kappa shape index (κ2) is 5.08. The number of nitrogens with one attached hydrogen (secondary N) is 1. The van der Waals surface area contributed by atoms with Crippen LogP contribution in [0, 0.1) is 6.92 Å². The van der Waals surface area contributed by atoms with Crippen LogP contribution < -0.4 is 5.56 Å². The van der Waals surface area contributed by atoms with E-state index >= 15 is 0 Å². The van der Waals surface area contributed by atoms with Crippen LogP contribution in [-0.2, 0) is 13.0 Å². The predicted octanol–water partition coefficient (Wildman–Crippen LogP) is 2.29. The molecule has 6 nitrogen and oxygen atoms in total. The molecule has 1 aromatic carbocycles. The first kappa shape index (κ1) is 13.8. The molecule has 0 saturated carbocycles. The fourth-order valence-corrected chi connectivity index (χ4v) is 3.05. The van der Waals surface area contributed by atoms with Crippen molar-refractivity contribution in [3.8, 4) is 0 Å². The Morgan fingerprint density at radius 2 is 2.09 bits per heavy atom. The van der Waals surface area contributed by atoms with Crippen LogP contribution in [0.4, 0.5) is 0 Å². The number of fused-ring (bicyclic) bond motifs is 2. The van der Waals surface area contributed by atoms with Crippen molar-refractivity contribution in [3.63, 3.8) is 0 Å². The predicted molar refractivity (Wildman–Crippen MR) is 88.8 cm³/mol. The Bertz CT molecular complexity index is 1070. The summed E-state index contributed by atoms with van der Waals surface area (Å²) in [5, 5.41) is 8.57. The first-order valence-electron chi connectivity index (χ1n) is 7.68. The number of H-pyrrole nitrogens is 1. The summed E-state index contributed by atoms with van der Waals surface area (Å²) in [5.74, 6) is 0. The van der Waals surface area contributed by atoms with Gasteiger partial charge in [-0.2, -0.15) is 5.10 Å². The normalized spacial score (nSPS) is 11.6. The van der Waals surface area contributed by atoms with Crippen LogP contribution in [0.1, 0.15) is 23.9 Å². The van der Waals surface area contributed by atoms with Gasteiger partial charge in [0.1, 0.15) is 0 Å². The van der Waals surface area contributed by atoms with Gasteiger partial charge in [-0.1, -0.05) is 25.1 Å². The van der Waals surface area contributed by atoms with Crippen molar-refractivity contribution in [1.82, 2.24) is 24.4 Å². The van der Waals surface area contributed by atoms with Crippen LogP contribution >= 0.6 is 0 Å². The number of para-hydroxylation sites is 1. The average molecular weight is 307 g/mol. The van der Waals surface area contributed by atoms with Crippen molar-refractivity contribution in [3.05, 3.63) is 63.8 Å². The molecule has 0 fully saturated rings. The lowest BCUT2D eigenvalue weighted by atomic mass is 10.2. The van der Waals surface area contributed by atoms with E-state index < -0.39 is 0 Å². The number of benzene rings is 1. The number of aryl methyl sites for hydroxylation is 2. The molecule has 116 valence electrons. The van der Waals surface area contributed by atoms with E-state index in [9.17, 15) is 4.79 Å². The SMILES string of the molecule is CCc1c(C)[nH]n2c(=O)cc(Cn3ncc4ccccc43)nc12. The van der Waals surface area contributed by atoms with Gasteiger partial charge in [-0.3, -0.25) is 14.6 Å². The Labute approximate surface area is 132 Å². The van der Waals surface area contributed by atoms with Gasteiger partial charge in [0.25, 0.3) is 5.56 Å². The molecule has 6 heteroatoms. The third kappa shape index (κ3) is 2.14. The van der Waals surface area contributed by atoms with Gasteiger partial charge in [0, 0.05) is 22.7 Å². The van der Waals surface area contributed by atoms with Crippen LogP contribution in [-0.4, -0.2) is 24.4 Å². The summed E-state index contributed by atoms with van der Waals surface area (Å²) in [7, 11) is 0. The van der Waals surface area contributed by atoms with Crippen molar-refractivity contribution in [2.45, 2.75) is 26.8 Å². The molecular formula is C17H17N5O. The van der Waals surface area contributed by atoms with Gasteiger partial charge in [0.2, 0.25) is 0 Å². The molecule has 0 unspecified atom stereocenters. The smallest absolute Gasteiger partial charge is 0.272 e. The molecule has 4 rings (SSSR count). The number of hydrogen-bond donors (Lipinski definition) is 1. The van der Waals surface area contributed by atoms with E-state index in [1.807, 2.05) is 42.1 Å². The molecule has 1 N–H and O–H groups in total. The number of aromatic amines is 1. The van der Waals surface area contributed by atoms with Gasteiger partial charge in [0.05, 0.1) is 24.0 Å². The molecule has 0 amide bonds. The standard InChI is InChI=1S/C17H17N5O/c1-3-14-11(2)20-22-16(23)8-13(19-17(14)22)10-21-15-7-5-4-6-12(15)9-18-21/h4-9,20H,3,10H2,1-2H3. The highest BCUT2D eigenvalue weighted by molar-refractivity contribution is 5.78. The molecule has 3 aromatic heterocycles. The summed E-state index contributed by atoms with van der Waals surface area (Å²) >= 11 is 0. The zero-order chi connectivity index (χ0) is 16.0. The van der Waals surface area contributed by atoms with Crippen LogP contribution in [0.25, 0.3) is 16.6 Å². The van der Waals surface area contributed by atoms with E-state index in [1.165, 1.54) is 4.52 Å². The molecule has 23 heavy (non-hydrogen) atoms. The zero-order valence-corrected chi connectivity index (χ0v) is 13.1. The van der Waals surface area contributed by atoms with Crippen molar-refractivity contribution in [2.75, 3.05) is 0 Å². The first-order valence-corrected chi connectivity index (χ1v) is 7.68. The fourth-order valence-electron chi connectivity index (χ4n) is 3.05. The zero-order valence-electron chi connectivity index (χ0n) is 13.1. The maximum atomic E-state index is 12.3. The number of hydrogen-bond acceptors (Lipinski definition) is 3. The molecule has 0 radical (unpaired) electrons. The Hall–Kier alpha value is -2.89. The molecule has 0 aliphatic heterocycles. The molecule has 0 aliphatic rings. The average Bonchev–Trinajstić information content (AvgIpc) is 3.09. The Balaban J connectivity index is 1.84. The highest BCUT2D eigenvalue weighted by atomic mass is 16.1. The second-order valence-corrected chi connectivity index (χ2v) is 5.67. The van der Waals surface area contributed by atoms with Gasteiger partial charge in [-0.05, 0) is 19.4 Å². The van der Waals surface area contributed by atoms with Crippen LogP contribution in [0.2, 0.25) is 0 Å². The first-order chi connectivity index (χ1) is 11.2. The maximum absolute atomic E-state index is 12.3. The third-order valence-electron chi connectivity index (χ3n) is 4.19. The third-order valence-corrected chi connectivity index (χ3v) is 4.19. The van der Waals surface area contributed by atoms with Gasteiger partial charge in [-0.15, -0.1) is 0 Å². The van der Waals surface area contributed by atoms with E-state index in [2.05, 4.69) is 22.1 Å². The van der Waals surface area contributed by atoms with E-state index in [4.69, 9.17) is 0 Å². The van der Waals surface area contributed by atoms with Gasteiger partial charge in [-0.25, -0.2) is 9.50 Å². The summed E-state index contributed by atoms with van der Waals surface area (Å²) in [4.78, 5) is 17.0. The van der Waals surface area contributed by atoms with Crippen molar-refractivity contribution >= 4 is 16.6 Å². The van der Waals surface area contributed by atoms with Crippen LogP contribution in [0.15, 0.2) is 41.3 Å². The molecule has 0 spiro atoms. The van der Waals surface area contributed by atoms with Gasteiger partial charge >= 0.3 is 0 Å². The largest absolute Gasteiger partial charge is 0.294 e.